The molecule has 4 aromatic heterocycles. The molecule has 0 saturated carbocycles. The standard InChI is InChI=1S/C45H51N13O4/c1-4-18-57-42(60)35-27-46-43(50-40(35)58(57)37-12-5-30-13-17-45(2,62)39(30)48-37)47-31-6-8-32(9-7-31)54-19-14-29(15-20-54)28-53-22-24-55(25-23-53)33-10-11-34-36(26-33)52(3)51-41(34)56-21-16-38(59)49-44(56)61/h4-12,26-27,29,62H,1,13-25,28H2,2-3H3,(H,46,47,50)(H,49,59,61)/t45-/m1/s1. The van der Waals surface area contributed by atoms with Crippen molar-refractivity contribution in [1.82, 2.24) is 44.3 Å². The van der Waals surface area contributed by atoms with E-state index in [0.29, 0.717) is 53.2 Å². The SMILES string of the molecule is C=CCn1c(=O)c2cnc(Nc3ccc(N4CCC(CN5CCN(c6ccc7c(N8CCC(=O)NC8=O)nn(C)c7c6)CC5)CC4)cc3)nc2n1-c1ccc2c(n1)[C@](C)(O)CC2. The maximum atomic E-state index is 13.5. The minimum Gasteiger partial charge on any atom is -0.384 e. The highest BCUT2D eigenvalue weighted by Gasteiger charge is 2.35. The number of imide groups is 1. The number of piperazine rings is 1. The van der Waals surface area contributed by atoms with E-state index in [1.54, 1.807) is 33.5 Å². The number of urea groups is 1. The van der Waals surface area contributed by atoms with Crippen LogP contribution in [-0.4, -0.2) is 108 Å². The second-order valence-corrected chi connectivity index (χ2v) is 17.2. The van der Waals surface area contributed by atoms with Crippen LogP contribution < -0.4 is 30.9 Å². The number of rotatable bonds is 10. The summed E-state index contributed by atoms with van der Waals surface area (Å²) in [5, 5.41) is 22.6. The fraction of sp³-hybridized carbons (Fsp3) is 0.400. The lowest BCUT2D eigenvalue weighted by molar-refractivity contribution is -0.120. The molecule has 1 aliphatic carbocycles. The molecular weight excluding hydrogens is 787 g/mol. The van der Waals surface area contributed by atoms with Crippen LogP contribution >= 0.6 is 0 Å². The molecule has 0 unspecified atom stereocenters. The van der Waals surface area contributed by atoms with Crippen LogP contribution in [0.4, 0.5) is 33.6 Å². The molecular formula is C45H51N13O4. The molecule has 10 rings (SSSR count). The molecule has 0 bridgehead atoms. The summed E-state index contributed by atoms with van der Waals surface area (Å²) < 4.78 is 5.05. The monoisotopic (exact) mass is 837 g/mol. The minimum absolute atomic E-state index is 0.240. The molecule has 0 radical (unpaired) electrons. The van der Waals surface area contributed by atoms with Crippen LogP contribution in [0.5, 0.6) is 0 Å². The molecule has 2 aromatic carbocycles. The van der Waals surface area contributed by atoms with Gasteiger partial charge < -0.3 is 20.2 Å². The number of nitrogens with zero attached hydrogens (tertiary/aromatic N) is 11. The van der Waals surface area contributed by atoms with Crippen molar-refractivity contribution >= 4 is 62.7 Å². The number of anilines is 5. The van der Waals surface area contributed by atoms with E-state index in [1.165, 1.54) is 5.69 Å². The first-order valence-electron chi connectivity index (χ1n) is 21.5. The van der Waals surface area contributed by atoms with Gasteiger partial charge in [-0.3, -0.25) is 29.4 Å². The van der Waals surface area contributed by atoms with Crippen LogP contribution in [0.1, 0.15) is 43.9 Å². The number of piperidine rings is 1. The summed E-state index contributed by atoms with van der Waals surface area (Å²) in [7, 11) is 1.89. The Morgan fingerprint density at radius 3 is 2.42 bits per heavy atom. The summed E-state index contributed by atoms with van der Waals surface area (Å²) in [6, 6.07) is 18.1. The van der Waals surface area contributed by atoms with E-state index in [9.17, 15) is 19.5 Å². The van der Waals surface area contributed by atoms with Gasteiger partial charge in [-0.2, -0.15) is 10.1 Å². The average molecular weight is 838 g/mol. The molecule has 3 aliphatic heterocycles. The number of nitrogens with one attached hydrogen (secondary N) is 2. The van der Waals surface area contributed by atoms with Crippen LogP contribution in [0, 0.1) is 5.92 Å². The highest BCUT2D eigenvalue weighted by molar-refractivity contribution is 6.09. The van der Waals surface area contributed by atoms with E-state index in [1.807, 2.05) is 42.1 Å². The molecule has 3 amide bonds. The summed E-state index contributed by atoms with van der Waals surface area (Å²) >= 11 is 0. The number of carbonyl (C=O) groups excluding carboxylic acids is 2. The lowest BCUT2D eigenvalue weighted by Gasteiger charge is -2.40. The first-order chi connectivity index (χ1) is 30.0. The van der Waals surface area contributed by atoms with Crippen molar-refractivity contribution in [3.8, 4) is 5.82 Å². The van der Waals surface area contributed by atoms with Crippen molar-refractivity contribution < 1.29 is 14.7 Å². The zero-order chi connectivity index (χ0) is 42.7. The smallest absolute Gasteiger partial charge is 0.329 e. The van der Waals surface area contributed by atoms with Gasteiger partial charge in [-0.05, 0) is 92.6 Å². The molecule has 17 heteroatoms. The molecule has 6 aromatic rings. The van der Waals surface area contributed by atoms with Crippen molar-refractivity contribution in [3.63, 3.8) is 0 Å². The normalized spacial score (nSPS) is 20.0. The molecule has 17 nitrogen and oxygen atoms in total. The minimum atomic E-state index is -1.03. The van der Waals surface area contributed by atoms with Crippen molar-refractivity contribution in [2.24, 2.45) is 13.0 Å². The van der Waals surface area contributed by atoms with Gasteiger partial charge in [0.2, 0.25) is 11.9 Å². The van der Waals surface area contributed by atoms with Gasteiger partial charge in [-0.1, -0.05) is 12.1 Å². The number of carbonyl (C=O) groups is 2. The third-order valence-electron chi connectivity index (χ3n) is 13.0. The molecule has 3 N–H and O–H groups in total. The van der Waals surface area contributed by atoms with Gasteiger partial charge in [0.05, 0.1) is 17.8 Å². The lowest BCUT2D eigenvalue weighted by atomic mass is 9.95. The molecule has 62 heavy (non-hydrogen) atoms. The van der Waals surface area contributed by atoms with Gasteiger partial charge in [0.1, 0.15) is 11.0 Å². The highest BCUT2D eigenvalue weighted by atomic mass is 16.3. The predicted molar refractivity (Wildman–Crippen MR) is 239 cm³/mol. The van der Waals surface area contributed by atoms with Crippen molar-refractivity contribution in [1.29, 1.82) is 0 Å². The number of benzene rings is 2. The van der Waals surface area contributed by atoms with Crippen LogP contribution in [0.3, 0.4) is 0 Å². The first kappa shape index (κ1) is 39.5. The number of allylic oxidation sites excluding steroid dienone is 1. The number of aliphatic hydroxyl groups is 1. The lowest BCUT2D eigenvalue weighted by Crippen LogP contribution is -2.49. The molecule has 1 atom stereocenters. The van der Waals surface area contributed by atoms with Crippen LogP contribution in [-0.2, 0) is 30.4 Å². The van der Waals surface area contributed by atoms with Crippen LogP contribution in [0.15, 0.2) is 78.2 Å². The molecule has 7 heterocycles. The molecule has 320 valence electrons. The van der Waals surface area contributed by atoms with E-state index in [4.69, 9.17) is 9.97 Å². The van der Waals surface area contributed by atoms with Gasteiger partial charge in [0.15, 0.2) is 17.3 Å². The number of aromatic nitrogens is 7. The van der Waals surface area contributed by atoms with E-state index >= 15 is 0 Å². The van der Waals surface area contributed by atoms with E-state index in [2.05, 4.69) is 66.3 Å². The maximum absolute atomic E-state index is 13.5. The maximum Gasteiger partial charge on any atom is 0.329 e. The molecule has 0 spiro atoms. The van der Waals surface area contributed by atoms with Crippen LogP contribution in [0.2, 0.25) is 0 Å². The van der Waals surface area contributed by atoms with E-state index in [-0.39, 0.29) is 24.4 Å². The number of amides is 3. The third-order valence-corrected chi connectivity index (χ3v) is 13.0. The van der Waals surface area contributed by atoms with Gasteiger partial charge >= 0.3 is 6.03 Å². The summed E-state index contributed by atoms with van der Waals surface area (Å²) in [6.07, 6.45) is 7.11. The summed E-state index contributed by atoms with van der Waals surface area (Å²) in [5.74, 6) is 1.83. The Hall–Kier alpha value is -6.59. The fourth-order valence-corrected chi connectivity index (χ4v) is 9.57. The number of aryl methyl sites for hydroxylation is 2. The Balaban J connectivity index is 0.741. The van der Waals surface area contributed by atoms with Crippen molar-refractivity contribution in [2.75, 3.05) is 72.4 Å². The number of pyridine rings is 1. The fourth-order valence-electron chi connectivity index (χ4n) is 9.57. The molecule has 4 aliphatic rings. The third kappa shape index (κ3) is 7.23. The van der Waals surface area contributed by atoms with Crippen molar-refractivity contribution in [2.45, 2.75) is 51.2 Å². The second kappa shape index (κ2) is 15.7. The molecule has 3 fully saturated rings. The number of hydrogen-bond donors (Lipinski definition) is 3. The topological polar surface area (TPSA) is 175 Å². The largest absolute Gasteiger partial charge is 0.384 e. The predicted octanol–water partition coefficient (Wildman–Crippen LogP) is 4.43. The Morgan fingerprint density at radius 2 is 1.66 bits per heavy atom. The average Bonchev–Trinajstić information content (AvgIpc) is 3.87. The van der Waals surface area contributed by atoms with E-state index < -0.39 is 11.6 Å². The van der Waals surface area contributed by atoms with Gasteiger partial charge in [0, 0.05) is 94.5 Å². The quantitative estimate of drug-likeness (QED) is 0.166. The Kier molecular flexibility index (Phi) is 10.0. The van der Waals surface area contributed by atoms with Gasteiger partial charge in [0.25, 0.3) is 5.56 Å². The van der Waals surface area contributed by atoms with E-state index in [0.717, 1.165) is 92.9 Å². The van der Waals surface area contributed by atoms with Gasteiger partial charge in [-0.25, -0.2) is 24.1 Å². The number of fused-ring (bicyclic) bond motifs is 3. The summed E-state index contributed by atoms with van der Waals surface area (Å²) in [4.78, 5) is 60.9. The first-order valence-corrected chi connectivity index (χ1v) is 21.5. The molecule has 3 saturated heterocycles. The van der Waals surface area contributed by atoms with Crippen molar-refractivity contribution in [3.05, 3.63) is 95.1 Å². The highest BCUT2D eigenvalue weighted by Crippen LogP contribution is 2.36. The number of hydrogen-bond acceptors (Lipinski definition) is 12. The zero-order valence-corrected chi connectivity index (χ0v) is 35.1. The summed E-state index contributed by atoms with van der Waals surface area (Å²) in [5.41, 5.74) is 4.91. The second-order valence-electron chi connectivity index (χ2n) is 17.2. The summed E-state index contributed by atoms with van der Waals surface area (Å²) in [6.45, 7) is 13.2. The zero-order valence-electron chi connectivity index (χ0n) is 35.1. The Labute approximate surface area is 358 Å². The Morgan fingerprint density at radius 1 is 0.903 bits per heavy atom. The Bertz CT molecular complexity index is 2770. The van der Waals surface area contributed by atoms with Crippen LogP contribution in [0.25, 0.3) is 27.8 Å². The van der Waals surface area contributed by atoms with Gasteiger partial charge in [-0.15, -0.1) is 6.58 Å².